The van der Waals surface area contributed by atoms with Crippen LogP contribution in [-0.4, -0.2) is 54.6 Å². The van der Waals surface area contributed by atoms with Gasteiger partial charge in [-0.15, -0.1) is 0 Å². The summed E-state index contributed by atoms with van der Waals surface area (Å²) in [5.41, 5.74) is -0.788. The zero-order valence-electron chi connectivity index (χ0n) is 11.2. The van der Waals surface area contributed by atoms with Crippen molar-refractivity contribution in [3.63, 3.8) is 0 Å². The van der Waals surface area contributed by atoms with Crippen LogP contribution < -0.4 is 10.2 Å². The molecular weight excluding hydrogens is 285 g/mol. The fraction of sp³-hybridized carbons (Fsp3) is 0.538. The van der Waals surface area contributed by atoms with Crippen LogP contribution in [0.3, 0.4) is 0 Å². The van der Waals surface area contributed by atoms with Gasteiger partial charge in [0.1, 0.15) is 11.9 Å². The van der Waals surface area contributed by atoms with Crippen LogP contribution in [0.25, 0.3) is 0 Å². The first-order chi connectivity index (χ1) is 9.97. The molecule has 3 rings (SSSR count). The smallest absolute Gasteiger partial charge is 0.313 e. The van der Waals surface area contributed by atoms with Crippen LogP contribution in [0.5, 0.6) is 0 Å². The maximum Gasteiger partial charge on any atom is 0.416 e. The second-order valence-electron chi connectivity index (χ2n) is 5.15. The van der Waals surface area contributed by atoms with Crippen molar-refractivity contribution in [3.05, 3.63) is 23.9 Å². The lowest BCUT2D eigenvalue weighted by Crippen LogP contribution is -2.64. The van der Waals surface area contributed by atoms with Crippen LogP contribution >= 0.6 is 0 Å². The molecule has 0 unspecified atom stereocenters. The number of nitrogens with zero attached hydrogens (tertiary/aromatic N) is 3. The molecule has 2 aliphatic heterocycles. The summed E-state index contributed by atoms with van der Waals surface area (Å²) in [6, 6.07) is 1.53. The predicted molar refractivity (Wildman–Crippen MR) is 69.8 cm³/mol. The summed E-state index contributed by atoms with van der Waals surface area (Å²) in [6.07, 6.45) is -3.34. The molecule has 2 saturated heterocycles. The summed E-state index contributed by atoms with van der Waals surface area (Å²) in [5.74, 6) is -0.125. The number of nitrogens with one attached hydrogen (secondary N) is 1. The topological polar surface area (TPSA) is 48.5 Å². The number of hydrogen-bond donors (Lipinski definition) is 1. The average Bonchev–Trinajstić information content (AvgIpc) is 2.47. The molecule has 1 N–H and O–H groups in total. The van der Waals surface area contributed by atoms with Gasteiger partial charge in [0.15, 0.2) is 0 Å². The number of alkyl halides is 3. The molecule has 1 atom stereocenters. The summed E-state index contributed by atoms with van der Waals surface area (Å²) in [7, 11) is 0. The highest BCUT2D eigenvalue weighted by molar-refractivity contribution is 5.97. The van der Waals surface area contributed by atoms with Crippen molar-refractivity contribution in [1.82, 2.24) is 15.2 Å². The van der Waals surface area contributed by atoms with Crippen LogP contribution in [0.2, 0.25) is 0 Å². The Hall–Kier alpha value is -1.67. The van der Waals surface area contributed by atoms with Gasteiger partial charge in [0.2, 0.25) is 5.91 Å². The Kier molecular flexibility index (Phi) is 3.58. The molecule has 1 aromatic heterocycles. The number of piperazine rings is 2. The van der Waals surface area contributed by atoms with Crippen molar-refractivity contribution in [2.45, 2.75) is 12.2 Å². The molecule has 1 aromatic rings. The Balaban J connectivity index is 1.85. The van der Waals surface area contributed by atoms with E-state index in [-0.39, 0.29) is 17.8 Å². The molecule has 1 amide bonds. The largest absolute Gasteiger partial charge is 0.416 e. The third-order valence-corrected chi connectivity index (χ3v) is 3.87. The Bertz CT molecular complexity index is 548. The van der Waals surface area contributed by atoms with Crippen molar-refractivity contribution >= 4 is 11.7 Å². The van der Waals surface area contributed by atoms with Gasteiger partial charge in [-0.2, -0.15) is 13.2 Å². The highest BCUT2D eigenvalue weighted by Gasteiger charge is 2.38. The normalized spacial score (nSPS) is 24.0. The molecule has 0 bridgehead atoms. The van der Waals surface area contributed by atoms with Crippen molar-refractivity contribution in [3.8, 4) is 0 Å². The summed E-state index contributed by atoms with van der Waals surface area (Å²) in [5, 5.41) is 3.13. The maximum absolute atomic E-state index is 12.8. The van der Waals surface area contributed by atoms with Crippen molar-refractivity contribution in [1.29, 1.82) is 0 Å². The standard InChI is InChI=1S/C13H15F3N4O/c14-13(15,16)9-1-2-18-11(7-9)20-6-5-19-4-3-17-8-10(19)12(20)21/h1-2,7,10,17H,3-6,8H2/t10-/m1/s1. The van der Waals surface area contributed by atoms with Gasteiger partial charge in [-0.3, -0.25) is 14.6 Å². The third-order valence-electron chi connectivity index (χ3n) is 3.87. The van der Waals surface area contributed by atoms with E-state index in [1.807, 2.05) is 0 Å². The third kappa shape index (κ3) is 2.73. The molecule has 21 heavy (non-hydrogen) atoms. The zero-order chi connectivity index (χ0) is 15.0. The highest BCUT2D eigenvalue weighted by Crippen LogP contribution is 2.31. The number of carbonyl (C=O) groups excluding carboxylic acids is 1. The molecule has 114 valence electrons. The fourth-order valence-electron chi connectivity index (χ4n) is 2.75. The van der Waals surface area contributed by atoms with Gasteiger partial charge in [0.25, 0.3) is 0 Å². The van der Waals surface area contributed by atoms with E-state index in [2.05, 4.69) is 15.2 Å². The Morgan fingerprint density at radius 2 is 2.10 bits per heavy atom. The summed E-state index contributed by atoms with van der Waals surface area (Å²) in [6.45, 7) is 3.14. The highest BCUT2D eigenvalue weighted by atomic mass is 19.4. The molecule has 8 heteroatoms. The minimum atomic E-state index is -4.44. The maximum atomic E-state index is 12.8. The van der Waals surface area contributed by atoms with Crippen molar-refractivity contribution in [2.75, 3.05) is 37.6 Å². The molecule has 0 radical (unpaired) electrons. The van der Waals surface area contributed by atoms with E-state index < -0.39 is 11.7 Å². The molecule has 0 spiro atoms. The van der Waals surface area contributed by atoms with E-state index in [1.165, 1.54) is 4.90 Å². The Morgan fingerprint density at radius 3 is 2.86 bits per heavy atom. The van der Waals surface area contributed by atoms with E-state index >= 15 is 0 Å². The first-order valence-corrected chi connectivity index (χ1v) is 6.76. The number of pyridine rings is 1. The monoisotopic (exact) mass is 300 g/mol. The molecular formula is C13H15F3N4O. The van der Waals surface area contributed by atoms with E-state index in [9.17, 15) is 18.0 Å². The molecule has 5 nitrogen and oxygen atoms in total. The van der Waals surface area contributed by atoms with Gasteiger partial charge in [-0.1, -0.05) is 0 Å². The minimum Gasteiger partial charge on any atom is -0.313 e. The Morgan fingerprint density at radius 1 is 1.29 bits per heavy atom. The van der Waals surface area contributed by atoms with Crippen molar-refractivity contribution < 1.29 is 18.0 Å². The van der Waals surface area contributed by atoms with Gasteiger partial charge in [0.05, 0.1) is 5.56 Å². The summed E-state index contributed by atoms with van der Waals surface area (Å²) in [4.78, 5) is 19.8. The lowest BCUT2D eigenvalue weighted by atomic mass is 10.1. The molecule has 0 aliphatic carbocycles. The average molecular weight is 300 g/mol. The molecule has 0 saturated carbocycles. The van der Waals surface area contributed by atoms with Gasteiger partial charge >= 0.3 is 6.18 Å². The SMILES string of the molecule is O=C1[C@H]2CNCCN2CCN1c1cc(C(F)(F)F)ccn1. The number of rotatable bonds is 1. The zero-order valence-corrected chi connectivity index (χ0v) is 11.2. The number of hydrogen-bond acceptors (Lipinski definition) is 4. The van der Waals surface area contributed by atoms with E-state index in [4.69, 9.17) is 0 Å². The molecule has 0 aromatic carbocycles. The molecule has 3 heterocycles. The number of amides is 1. The van der Waals surface area contributed by atoms with Crippen LogP contribution in [0.15, 0.2) is 18.3 Å². The first-order valence-electron chi connectivity index (χ1n) is 6.76. The lowest BCUT2D eigenvalue weighted by Gasteiger charge is -2.42. The van der Waals surface area contributed by atoms with Crippen LogP contribution in [-0.2, 0) is 11.0 Å². The van der Waals surface area contributed by atoms with E-state index in [1.54, 1.807) is 0 Å². The van der Waals surface area contributed by atoms with Crippen LogP contribution in [0.4, 0.5) is 19.0 Å². The second kappa shape index (κ2) is 5.27. The van der Waals surface area contributed by atoms with Gasteiger partial charge in [-0.05, 0) is 12.1 Å². The number of aromatic nitrogens is 1. The first kappa shape index (κ1) is 14.3. The lowest BCUT2D eigenvalue weighted by molar-refractivity contribution is -0.137. The second-order valence-corrected chi connectivity index (χ2v) is 5.15. The number of fused-ring (bicyclic) bond motifs is 1. The van der Waals surface area contributed by atoms with Gasteiger partial charge < -0.3 is 5.32 Å². The van der Waals surface area contributed by atoms with Crippen molar-refractivity contribution in [2.24, 2.45) is 0 Å². The van der Waals surface area contributed by atoms with E-state index in [0.29, 0.717) is 19.6 Å². The summed E-state index contributed by atoms with van der Waals surface area (Å²) >= 11 is 0. The molecule has 2 aliphatic rings. The fourth-order valence-corrected chi connectivity index (χ4v) is 2.75. The minimum absolute atomic E-state index is 0.0695. The number of anilines is 1. The summed E-state index contributed by atoms with van der Waals surface area (Å²) < 4.78 is 38.3. The quantitative estimate of drug-likeness (QED) is 0.830. The van der Waals surface area contributed by atoms with Crippen LogP contribution in [0.1, 0.15) is 5.56 Å². The van der Waals surface area contributed by atoms with Gasteiger partial charge in [0, 0.05) is 38.9 Å². The predicted octanol–water partition coefficient (Wildman–Crippen LogP) is 0.721. The van der Waals surface area contributed by atoms with Gasteiger partial charge in [-0.25, -0.2) is 4.98 Å². The Labute approximate surface area is 119 Å². The van der Waals surface area contributed by atoms with Crippen LogP contribution in [0, 0.1) is 0 Å². The number of carbonyl (C=O) groups is 1. The number of halogens is 3. The van der Waals surface area contributed by atoms with E-state index in [0.717, 1.165) is 31.4 Å². The molecule has 2 fully saturated rings.